The van der Waals surface area contributed by atoms with Crippen LogP contribution in [0, 0.1) is 23.0 Å². The first-order valence-corrected chi connectivity index (χ1v) is 12.7. The molecule has 216 valence electrons. The van der Waals surface area contributed by atoms with Crippen LogP contribution in [-0.2, 0) is 16.6 Å². The summed E-state index contributed by atoms with van der Waals surface area (Å²) >= 11 is 0. The predicted molar refractivity (Wildman–Crippen MR) is 152 cm³/mol. The van der Waals surface area contributed by atoms with E-state index in [1.807, 2.05) is 6.07 Å². The molecule has 1 atom stereocenters. The molecule has 2 heterocycles. The zero-order chi connectivity index (χ0) is 30.0. The lowest BCUT2D eigenvalue weighted by Crippen LogP contribution is -2.34. The molecule has 0 saturated heterocycles. The molecular weight excluding hydrogens is 548 g/mol. The maximum atomic E-state index is 15.2. The second-order valence-corrected chi connectivity index (χ2v) is 9.30. The summed E-state index contributed by atoms with van der Waals surface area (Å²) in [5, 5.41) is 12.3. The van der Waals surface area contributed by atoms with Crippen LogP contribution in [0.25, 0.3) is 27.6 Å². The number of aryl methyl sites for hydroxylation is 1. The van der Waals surface area contributed by atoms with Crippen molar-refractivity contribution < 1.29 is 29.2 Å². The first kappa shape index (κ1) is 28.3. The minimum atomic E-state index is -1.21. The Morgan fingerprint density at radius 1 is 1.12 bits per heavy atom. The number of imidazole rings is 1. The highest BCUT2D eigenvalue weighted by Crippen LogP contribution is 2.38. The molecule has 0 fully saturated rings. The number of rotatable bonds is 9. The molecule has 0 bridgehead atoms. The van der Waals surface area contributed by atoms with Crippen molar-refractivity contribution in [3.63, 3.8) is 0 Å². The van der Waals surface area contributed by atoms with Gasteiger partial charge in [0.2, 0.25) is 6.10 Å². The van der Waals surface area contributed by atoms with E-state index in [0.29, 0.717) is 27.5 Å². The van der Waals surface area contributed by atoms with E-state index in [0.717, 1.165) is 6.07 Å². The van der Waals surface area contributed by atoms with E-state index >= 15 is 4.39 Å². The van der Waals surface area contributed by atoms with Gasteiger partial charge in [0.1, 0.15) is 11.6 Å². The van der Waals surface area contributed by atoms with Crippen molar-refractivity contribution >= 4 is 27.8 Å². The van der Waals surface area contributed by atoms with E-state index < -0.39 is 29.3 Å². The molecule has 0 aliphatic rings. The number of aromatic nitrogens is 3. The molecule has 1 unspecified atom stereocenters. The summed E-state index contributed by atoms with van der Waals surface area (Å²) in [7, 11) is 4.45. The Balaban J connectivity index is 0.00000423. The van der Waals surface area contributed by atoms with Crippen molar-refractivity contribution in [2.75, 3.05) is 27.4 Å². The number of nitrogens with zero attached hydrogens (tertiary/aromatic N) is 4. The highest BCUT2D eigenvalue weighted by Gasteiger charge is 2.26. The van der Waals surface area contributed by atoms with Gasteiger partial charge in [-0.15, -0.1) is 0 Å². The number of carbonyl (C=O) groups excluding carboxylic acids is 1. The van der Waals surface area contributed by atoms with Gasteiger partial charge in [-0.1, -0.05) is 12.1 Å². The van der Waals surface area contributed by atoms with Gasteiger partial charge < -0.3 is 19.5 Å². The number of pyridine rings is 1. The zero-order valence-electron chi connectivity index (χ0n) is 22.9. The lowest BCUT2D eigenvalue weighted by molar-refractivity contribution is -0.128. The van der Waals surface area contributed by atoms with Crippen LogP contribution in [0.1, 0.15) is 18.7 Å². The van der Waals surface area contributed by atoms with Gasteiger partial charge in [-0.3, -0.25) is 18.9 Å². The average Bonchev–Trinajstić information content (AvgIpc) is 3.25. The van der Waals surface area contributed by atoms with E-state index in [2.05, 4.69) is 10.3 Å². The molecule has 2 aromatic heterocycles. The van der Waals surface area contributed by atoms with Crippen molar-refractivity contribution in [2.24, 2.45) is 7.05 Å². The van der Waals surface area contributed by atoms with Crippen molar-refractivity contribution in [2.45, 2.75) is 6.10 Å². The SMILES string of the molecule is COCCNC(=O)C(Oc1cc2c(cc1OC)ncc1c2n(-c2ccc(C#N)cc2F)c(=O)n1C)c1ccc(F)cc1.[HH]. The van der Waals surface area contributed by atoms with Crippen LogP contribution in [-0.4, -0.2) is 47.4 Å². The fraction of sp³-hybridized carbons (Fsp3) is 0.200. The molecule has 12 heteroatoms. The van der Waals surface area contributed by atoms with E-state index in [1.165, 1.54) is 73.0 Å². The number of fused-ring (bicyclic) bond motifs is 3. The Labute approximate surface area is 239 Å². The minimum absolute atomic E-state index is 0. The molecule has 1 amide bonds. The molecular formula is C30H27F2N5O5. The monoisotopic (exact) mass is 575 g/mol. The number of halogens is 2. The summed E-state index contributed by atoms with van der Waals surface area (Å²) < 4.78 is 48.2. The van der Waals surface area contributed by atoms with E-state index in [9.17, 15) is 14.0 Å². The zero-order valence-corrected chi connectivity index (χ0v) is 22.9. The fourth-order valence-corrected chi connectivity index (χ4v) is 4.64. The molecule has 42 heavy (non-hydrogen) atoms. The topological polar surface area (TPSA) is 120 Å². The van der Waals surface area contributed by atoms with Gasteiger partial charge in [0.15, 0.2) is 11.5 Å². The third-order valence-electron chi connectivity index (χ3n) is 6.75. The van der Waals surface area contributed by atoms with Crippen LogP contribution in [0.15, 0.2) is 65.6 Å². The molecule has 0 radical (unpaired) electrons. The lowest BCUT2D eigenvalue weighted by atomic mass is 10.1. The maximum absolute atomic E-state index is 15.2. The Hall–Kier alpha value is -5.28. The van der Waals surface area contributed by atoms with Crippen molar-refractivity contribution in [1.29, 1.82) is 5.26 Å². The quantitative estimate of drug-likeness (QED) is 0.262. The minimum Gasteiger partial charge on any atom is -0.493 e. The number of amides is 1. The lowest BCUT2D eigenvalue weighted by Gasteiger charge is -2.21. The fourth-order valence-electron chi connectivity index (χ4n) is 4.64. The molecule has 0 aliphatic carbocycles. The van der Waals surface area contributed by atoms with Crippen LogP contribution in [0.4, 0.5) is 8.78 Å². The number of hydrogen-bond donors (Lipinski definition) is 1. The molecule has 0 spiro atoms. The second-order valence-electron chi connectivity index (χ2n) is 9.30. The van der Waals surface area contributed by atoms with Gasteiger partial charge in [0, 0.05) is 39.1 Å². The summed E-state index contributed by atoms with van der Waals surface area (Å²) in [6.07, 6.45) is 0.275. The highest BCUT2D eigenvalue weighted by molar-refractivity contribution is 6.04. The van der Waals surface area contributed by atoms with Crippen LogP contribution in [0.3, 0.4) is 0 Å². The Kier molecular flexibility index (Phi) is 7.86. The van der Waals surface area contributed by atoms with Gasteiger partial charge in [-0.25, -0.2) is 13.6 Å². The summed E-state index contributed by atoms with van der Waals surface area (Å²) in [5.74, 6) is -1.39. The number of benzene rings is 3. The van der Waals surface area contributed by atoms with E-state index in [4.69, 9.17) is 19.5 Å². The average molecular weight is 576 g/mol. The van der Waals surface area contributed by atoms with Crippen LogP contribution in [0.5, 0.6) is 11.5 Å². The third kappa shape index (κ3) is 5.13. The van der Waals surface area contributed by atoms with Gasteiger partial charge in [0.25, 0.3) is 5.91 Å². The van der Waals surface area contributed by atoms with Crippen molar-refractivity contribution in [3.8, 4) is 23.3 Å². The van der Waals surface area contributed by atoms with Crippen molar-refractivity contribution in [1.82, 2.24) is 19.4 Å². The first-order chi connectivity index (χ1) is 20.3. The molecule has 5 rings (SSSR count). The first-order valence-electron chi connectivity index (χ1n) is 12.7. The molecule has 10 nitrogen and oxygen atoms in total. The number of methoxy groups -OCH3 is 2. The van der Waals surface area contributed by atoms with E-state index in [-0.39, 0.29) is 37.3 Å². The molecule has 3 aromatic carbocycles. The summed E-state index contributed by atoms with van der Waals surface area (Å²) in [6.45, 7) is 0.477. The smallest absolute Gasteiger partial charge is 0.333 e. The normalized spacial score (nSPS) is 11.8. The molecule has 0 saturated carbocycles. The van der Waals surface area contributed by atoms with Crippen LogP contribution in [0.2, 0.25) is 0 Å². The number of ether oxygens (including phenoxy) is 3. The summed E-state index contributed by atoms with van der Waals surface area (Å²) in [6, 6.07) is 14.1. The van der Waals surface area contributed by atoms with Crippen molar-refractivity contribution in [3.05, 3.63) is 94.0 Å². The van der Waals surface area contributed by atoms with Gasteiger partial charge in [0.05, 0.1) is 53.8 Å². The Morgan fingerprint density at radius 3 is 2.55 bits per heavy atom. The van der Waals surface area contributed by atoms with Gasteiger partial charge >= 0.3 is 5.69 Å². The number of hydrogen-bond acceptors (Lipinski definition) is 7. The largest absolute Gasteiger partial charge is 0.493 e. The molecule has 5 aromatic rings. The standard InChI is InChI=1S/C30H25F2N5O5.H2/c1-36-24-16-35-22-14-25(41-3)26(42-28(29(38)34-10-11-40-2)18-5-7-19(31)8-6-18)13-20(22)27(24)37(30(36)39)23-9-4-17(15-33)12-21(23)32;/h4-9,12-14,16,28H,10-11H2,1-3H3,(H,34,38);1H. The Morgan fingerprint density at radius 2 is 1.88 bits per heavy atom. The number of carbonyl (C=O) groups is 1. The maximum Gasteiger partial charge on any atom is 0.333 e. The summed E-state index contributed by atoms with van der Waals surface area (Å²) in [5.41, 5.74) is 1.02. The van der Waals surface area contributed by atoms with Crippen LogP contribution < -0.4 is 20.5 Å². The second kappa shape index (κ2) is 11.7. The predicted octanol–water partition coefficient (Wildman–Crippen LogP) is 4.16. The summed E-state index contributed by atoms with van der Waals surface area (Å²) in [4.78, 5) is 31.0. The Bertz CT molecular complexity index is 1920. The highest BCUT2D eigenvalue weighted by atomic mass is 19.1. The van der Waals surface area contributed by atoms with Gasteiger partial charge in [-0.05, 0) is 36.4 Å². The van der Waals surface area contributed by atoms with Gasteiger partial charge in [-0.2, -0.15) is 5.26 Å². The third-order valence-corrected chi connectivity index (χ3v) is 6.75. The molecule has 1 N–H and O–H groups in total. The number of nitrogens with one attached hydrogen (secondary N) is 1. The van der Waals surface area contributed by atoms with Crippen LogP contribution >= 0.6 is 0 Å². The molecule has 0 aliphatic heterocycles. The van der Waals surface area contributed by atoms with E-state index in [1.54, 1.807) is 12.1 Å². The number of nitriles is 1.